The fraction of sp³-hybridized carbons (Fsp3) is 0.500. The molecule has 2 heterocycles. The minimum absolute atomic E-state index is 0.237. The molecule has 0 amide bonds. The predicted octanol–water partition coefficient (Wildman–Crippen LogP) is 2.44. The molecule has 7 nitrogen and oxygen atoms in total. The van der Waals surface area contributed by atoms with Crippen LogP contribution in [0.25, 0.3) is 0 Å². The molecule has 0 radical (unpaired) electrons. The van der Waals surface area contributed by atoms with Crippen LogP contribution in [0.2, 0.25) is 0 Å². The van der Waals surface area contributed by atoms with Crippen molar-refractivity contribution in [1.82, 2.24) is 14.4 Å². The number of hydrogen-bond donors (Lipinski definition) is 0. The van der Waals surface area contributed by atoms with Crippen LogP contribution in [0.4, 0.5) is 0 Å². The molecule has 24 heavy (non-hydrogen) atoms. The van der Waals surface area contributed by atoms with E-state index in [1.165, 1.54) is 4.31 Å². The zero-order valence-electron chi connectivity index (χ0n) is 13.8. The largest absolute Gasteiger partial charge is 0.372 e. The second kappa shape index (κ2) is 7.00. The van der Waals surface area contributed by atoms with Gasteiger partial charge in [0.2, 0.25) is 10.0 Å². The highest BCUT2D eigenvalue weighted by molar-refractivity contribution is 7.89. The van der Waals surface area contributed by atoms with Gasteiger partial charge in [0.05, 0.1) is 10.9 Å². The topological polar surface area (TPSA) is 85.5 Å². The van der Waals surface area contributed by atoms with Crippen LogP contribution in [0, 0.1) is 6.92 Å². The number of sulfonamides is 1. The van der Waals surface area contributed by atoms with Crippen LogP contribution in [0.15, 0.2) is 33.7 Å². The van der Waals surface area contributed by atoms with E-state index in [4.69, 9.17) is 9.26 Å². The van der Waals surface area contributed by atoms with Crippen molar-refractivity contribution in [3.8, 4) is 0 Å². The van der Waals surface area contributed by atoms with Gasteiger partial charge in [-0.3, -0.25) is 0 Å². The SMILES string of the molecule is CCOCc1nc(C2CCCN2S(=O)(=O)c2ccccc2C)no1. The first-order valence-corrected chi connectivity index (χ1v) is 9.45. The van der Waals surface area contributed by atoms with E-state index in [1.807, 2.05) is 13.0 Å². The molecule has 3 rings (SSSR count). The number of aryl methyl sites for hydroxylation is 1. The van der Waals surface area contributed by atoms with Crippen LogP contribution < -0.4 is 0 Å². The summed E-state index contributed by atoms with van der Waals surface area (Å²) in [4.78, 5) is 4.63. The molecule has 1 fully saturated rings. The van der Waals surface area contributed by atoms with E-state index in [9.17, 15) is 8.42 Å². The van der Waals surface area contributed by atoms with Crippen LogP contribution in [-0.4, -0.2) is 36.0 Å². The third kappa shape index (κ3) is 3.22. The standard InChI is InChI=1S/C16H21N3O4S/c1-3-22-11-15-17-16(18-23-15)13-8-6-10-19(13)24(20,21)14-9-5-4-7-12(14)2/h4-5,7,9,13H,3,6,8,10-11H2,1-2H3. The van der Waals surface area contributed by atoms with Gasteiger partial charge < -0.3 is 9.26 Å². The second-order valence-electron chi connectivity index (χ2n) is 5.72. The minimum Gasteiger partial charge on any atom is -0.372 e. The molecule has 1 unspecified atom stereocenters. The highest BCUT2D eigenvalue weighted by Gasteiger charge is 2.39. The van der Waals surface area contributed by atoms with E-state index < -0.39 is 16.1 Å². The van der Waals surface area contributed by atoms with E-state index in [0.29, 0.717) is 36.2 Å². The maximum absolute atomic E-state index is 13.0. The summed E-state index contributed by atoms with van der Waals surface area (Å²) in [7, 11) is -3.59. The lowest BCUT2D eigenvalue weighted by Gasteiger charge is -2.22. The number of benzene rings is 1. The van der Waals surface area contributed by atoms with Crippen molar-refractivity contribution < 1.29 is 17.7 Å². The summed E-state index contributed by atoms with van der Waals surface area (Å²) in [5, 5.41) is 3.96. The number of nitrogens with zero attached hydrogens (tertiary/aromatic N) is 3. The fourth-order valence-corrected chi connectivity index (χ4v) is 4.79. The lowest BCUT2D eigenvalue weighted by atomic mass is 10.2. The second-order valence-corrected chi connectivity index (χ2v) is 7.58. The van der Waals surface area contributed by atoms with Crippen molar-refractivity contribution in [2.75, 3.05) is 13.2 Å². The summed E-state index contributed by atoms with van der Waals surface area (Å²) >= 11 is 0. The Morgan fingerprint density at radius 3 is 2.92 bits per heavy atom. The lowest BCUT2D eigenvalue weighted by molar-refractivity contribution is 0.109. The van der Waals surface area contributed by atoms with Gasteiger partial charge in [-0.05, 0) is 38.3 Å². The van der Waals surface area contributed by atoms with Crippen molar-refractivity contribution in [1.29, 1.82) is 0 Å². The summed E-state index contributed by atoms with van der Waals surface area (Å²) in [6.45, 7) is 4.92. The Morgan fingerprint density at radius 2 is 2.17 bits per heavy atom. The van der Waals surface area contributed by atoms with Crippen molar-refractivity contribution >= 4 is 10.0 Å². The van der Waals surface area contributed by atoms with Gasteiger partial charge in [0, 0.05) is 13.2 Å². The van der Waals surface area contributed by atoms with Crippen molar-refractivity contribution in [2.24, 2.45) is 0 Å². The van der Waals surface area contributed by atoms with E-state index in [2.05, 4.69) is 10.1 Å². The Bertz CT molecular complexity index is 803. The van der Waals surface area contributed by atoms with Gasteiger partial charge in [-0.15, -0.1) is 0 Å². The molecule has 1 aromatic carbocycles. The average molecular weight is 351 g/mol. The maximum atomic E-state index is 13.0. The maximum Gasteiger partial charge on any atom is 0.252 e. The van der Waals surface area contributed by atoms with E-state index >= 15 is 0 Å². The molecule has 130 valence electrons. The molecular formula is C16H21N3O4S. The monoisotopic (exact) mass is 351 g/mol. The van der Waals surface area contributed by atoms with Crippen LogP contribution in [0.3, 0.4) is 0 Å². The molecule has 1 aliphatic rings. The molecule has 1 atom stereocenters. The molecule has 0 N–H and O–H groups in total. The van der Waals surface area contributed by atoms with E-state index in [-0.39, 0.29) is 6.61 Å². The predicted molar refractivity (Wildman–Crippen MR) is 86.7 cm³/mol. The number of rotatable bonds is 6. The van der Waals surface area contributed by atoms with Gasteiger partial charge in [0.25, 0.3) is 5.89 Å². The summed E-state index contributed by atoms with van der Waals surface area (Å²) in [5.41, 5.74) is 0.730. The third-order valence-corrected chi connectivity index (χ3v) is 6.16. The molecular weight excluding hydrogens is 330 g/mol. The molecule has 1 saturated heterocycles. The fourth-order valence-electron chi connectivity index (χ4n) is 2.91. The Morgan fingerprint density at radius 1 is 1.38 bits per heavy atom. The molecule has 1 aromatic heterocycles. The van der Waals surface area contributed by atoms with Gasteiger partial charge in [-0.2, -0.15) is 9.29 Å². The van der Waals surface area contributed by atoms with Crippen molar-refractivity contribution in [3.63, 3.8) is 0 Å². The summed E-state index contributed by atoms with van der Waals surface area (Å²) in [6.07, 6.45) is 1.45. The Balaban J connectivity index is 1.88. The molecule has 2 aromatic rings. The lowest BCUT2D eigenvalue weighted by Crippen LogP contribution is -2.31. The van der Waals surface area contributed by atoms with Crippen molar-refractivity contribution in [3.05, 3.63) is 41.5 Å². The highest BCUT2D eigenvalue weighted by Crippen LogP contribution is 2.35. The first kappa shape index (κ1) is 17.1. The zero-order valence-corrected chi connectivity index (χ0v) is 14.6. The van der Waals surface area contributed by atoms with Gasteiger partial charge in [0.1, 0.15) is 6.61 Å². The molecule has 0 saturated carbocycles. The van der Waals surface area contributed by atoms with Gasteiger partial charge in [-0.1, -0.05) is 23.4 Å². The van der Waals surface area contributed by atoms with E-state index in [0.717, 1.165) is 12.0 Å². The van der Waals surface area contributed by atoms with Crippen LogP contribution in [0.5, 0.6) is 0 Å². The first-order valence-electron chi connectivity index (χ1n) is 8.01. The molecule has 0 spiro atoms. The zero-order chi connectivity index (χ0) is 17.2. The highest BCUT2D eigenvalue weighted by atomic mass is 32.2. The normalized spacial score (nSPS) is 19.0. The quantitative estimate of drug-likeness (QED) is 0.794. The molecule has 1 aliphatic heterocycles. The number of aromatic nitrogens is 2. The van der Waals surface area contributed by atoms with Gasteiger partial charge in [-0.25, -0.2) is 8.42 Å². The third-order valence-electron chi connectivity index (χ3n) is 4.10. The smallest absolute Gasteiger partial charge is 0.252 e. The van der Waals surface area contributed by atoms with E-state index in [1.54, 1.807) is 25.1 Å². The molecule has 8 heteroatoms. The molecule has 0 aliphatic carbocycles. The van der Waals surface area contributed by atoms with Gasteiger partial charge >= 0.3 is 0 Å². The van der Waals surface area contributed by atoms with Crippen LogP contribution in [0.1, 0.15) is 43.1 Å². The van der Waals surface area contributed by atoms with Crippen LogP contribution >= 0.6 is 0 Å². The van der Waals surface area contributed by atoms with Crippen molar-refractivity contribution in [2.45, 2.75) is 44.2 Å². The summed E-state index contributed by atoms with van der Waals surface area (Å²) < 4.78 is 38.0. The van der Waals surface area contributed by atoms with Gasteiger partial charge in [0.15, 0.2) is 5.82 Å². The Kier molecular flexibility index (Phi) is 4.98. The minimum atomic E-state index is -3.59. The number of hydrogen-bond acceptors (Lipinski definition) is 6. The summed E-state index contributed by atoms with van der Waals surface area (Å²) in [5.74, 6) is 0.770. The van der Waals surface area contributed by atoms with Crippen LogP contribution in [-0.2, 0) is 21.4 Å². The first-order chi connectivity index (χ1) is 11.5. The average Bonchev–Trinajstić information content (AvgIpc) is 3.22. The molecule has 0 bridgehead atoms. The Hall–Kier alpha value is -1.77. The number of ether oxygens (including phenoxy) is 1. The summed E-state index contributed by atoms with van der Waals surface area (Å²) in [6, 6.07) is 6.60. The Labute approximate surface area is 141 Å².